The first kappa shape index (κ1) is 59.5. The van der Waals surface area contributed by atoms with E-state index in [0.29, 0.717) is 12.8 Å². The number of rotatable bonds is 37. The van der Waals surface area contributed by atoms with Gasteiger partial charge in [0.2, 0.25) is 0 Å². The van der Waals surface area contributed by atoms with E-state index in [4.69, 9.17) is 28.0 Å². The zero-order valence-corrected chi connectivity index (χ0v) is 39.9. The lowest BCUT2D eigenvalue weighted by Crippen LogP contribution is -2.67. The number of phosphoric acid groups is 1. The maximum Gasteiger partial charge on any atom is 0.472 e. The average Bonchev–Trinajstić information content (AvgIpc) is 3.28. The number of unbranched alkanes of at least 4 members (excludes halogenated alkanes) is 20. The fourth-order valence-electron chi connectivity index (χ4n) is 7.87. The molecule has 1 saturated heterocycles. The molecule has 65 heavy (non-hydrogen) atoms. The van der Waals surface area contributed by atoms with Gasteiger partial charge in [0, 0.05) is 12.8 Å². The number of ether oxygens (including phenoxy) is 4. The molecule has 1 heterocycles. The minimum atomic E-state index is -5.37. The van der Waals surface area contributed by atoms with Crippen molar-refractivity contribution in [3.8, 4) is 0 Å². The largest absolute Gasteiger partial charge is 0.472 e. The third-order valence-corrected chi connectivity index (χ3v) is 13.0. The summed E-state index contributed by atoms with van der Waals surface area (Å²) in [4.78, 5) is 36.4. The predicted octanol–water partition coefficient (Wildman–Crippen LogP) is 4.93. The van der Waals surface area contributed by atoms with E-state index in [9.17, 15) is 59.9 Å². The Morgan fingerprint density at radius 2 is 1.02 bits per heavy atom. The minimum Gasteiger partial charge on any atom is -0.462 e. The first-order valence-corrected chi connectivity index (χ1v) is 26.0. The normalized spacial score (nSPS) is 28.6. The van der Waals surface area contributed by atoms with Crippen molar-refractivity contribution in [3.05, 3.63) is 12.2 Å². The van der Waals surface area contributed by atoms with Crippen LogP contribution in [0.4, 0.5) is 0 Å². The Morgan fingerprint density at radius 1 is 0.569 bits per heavy atom. The summed E-state index contributed by atoms with van der Waals surface area (Å²) in [6.45, 7) is 2.19. The molecule has 0 aromatic carbocycles. The van der Waals surface area contributed by atoms with E-state index in [-0.39, 0.29) is 12.8 Å². The molecule has 0 aromatic heterocycles. The molecule has 2 aliphatic rings. The van der Waals surface area contributed by atoms with Gasteiger partial charge in [0.15, 0.2) is 12.4 Å². The van der Waals surface area contributed by atoms with Gasteiger partial charge in [-0.2, -0.15) is 0 Å². The van der Waals surface area contributed by atoms with Crippen molar-refractivity contribution in [2.75, 3.05) is 19.8 Å². The zero-order valence-electron chi connectivity index (χ0n) is 39.0. The molecule has 0 bridgehead atoms. The van der Waals surface area contributed by atoms with Gasteiger partial charge in [-0.05, 0) is 38.5 Å². The van der Waals surface area contributed by atoms with E-state index in [1.165, 1.54) is 83.5 Å². The van der Waals surface area contributed by atoms with E-state index < -0.39 is 113 Å². The number of carbonyl (C=O) groups excluding carboxylic acids is 2. The number of hydrogen-bond donors (Lipinski definition) is 9. The Bertz CT molecular complexity index is 1320. The van der Waals surface area contributed by atoms with Gasteiger partial charge in [0.05, 0.1) is 13.2 Å². The van der Waals surface area contributed by atoms with Gasteiger partial charge in [0.25, 0.3) is 0 Å². The highest BCUT2D eigenvalue weighted by atomic mass is 31.2. The second-order valence-corrected chi connectivity index (χ2v) is 19.1. The van der Waals surface area contributed by atoms with Gasteiger partial charge < -0.3 is 64.7 Å². The molecule has 19 heteroatoms. The number of aliphatic hydroxyl groups excluding tert-OH is 8. The van der Waals surface area contributed by atoms with E-state index in [1.807, 2.05) is 0 Å². The van der Waals surface area contributed by atoms with Crippen LogP contribution in [0.1, 0.15) is 174 Å². The van der Waals surface area contributed by atoms with Crippen LogP contribution in [-0.4, -0.2) is 151 Å². The molecule has 18 nitrogen and oxygen atoms in total. The fourth-order valence-corrected chi connectivity index (χ4v) is 8.84. The molecule has 0 radical (unpaired) electrons. The van der Waals surface area contributed by atoms with Crippen molar-refractivity contribution in [1.82, 2.24) is 0 Å². The van der Waals surface area contributed by atoms with Crippen LogP contribution >= 0.6 is 7.82 Å². The Labute approximate surface area is 386 Å². The molecular formula is C46H85O18P. The molecule has 2 fully saturated rings. The maximum absolute atomic E-state index is 13.4. The predicted molar refractivity (Wildman–Crippen MR) is 240 cm³/mol. The van der Waals surface area contributed by atoms with Crippen molar-refractivity contribution in [2.24, 2.45) is 0 Å². The summed E-state index contributed by atoms with van der Waals surface area (Å²) in [6.07, 6.45) is 5.99. The van der Waals surface area contributed by atoms with Gasteiger partial charge in [-0.25, -0.2) is 4.57 Å². The monoisotopic (exact) mass is 957 g/mol. The quantitative estimate of drug-likeness (QED) is 0.0173. The highest BCUT2D eigenvalue weighted by molar-refractivity contribution is 7.47. The maximum atomic E-state index is 13.4. The summed E-state index contributed by atoms with van der Waals surface area (Å²) in [5.74, 6) is -1.23. The fraction of sp³-hybridized carbons (Fsp3) is 0.913. The van der Waals surface area contributed by atoms with Gasteiger partial charge >= 0.3 is 19.8 Å². The lowest BCUT2D eigenvalue weighted by atomic mass is 9.84. The average molecular weight is 957 g/mol. The summed E-state index contributed by atoms with van der Waals surface area (Å²) in [6, 6.07) is 0. The van der Waals surface area contributed by atoms with E-state index in [1.54, 1.807) is 0 Å². The van der Waals surface area contributed by atoms with Crippen LogP contribution in [0.25, 0.3) is 0 Å². The Hall–Kier alpha value is -1.61. The molecule has 0 aromatic rings. The molecule has 382 valence electrons. The summed E-state index contributed by atoms with van der Waals surface area (Å²) < 4.78 is 45.3. The third kappa shape index (κ3) is 24.0. The van der Waals surface area contributed by atoms with Gasteiger partial charge in [0.1, 0.15) is 67.6 Å². The molecule has 2 rings (SSSR count). The van der Waals surface area contributed by atoms with Crippen molar-refractivity contribution in [2.45, 2.75) is 248 Å². The van der Waals surface area contributed by atoms with E-state index >= 15 is 0 Å². The van der Waals surface area contributed by atoms with Crippen LogP contribution in [0.2, 0.25) is 0 Å². The van der Waals surface area contributed by atoms with Crippen LogP contribution in [0.3, 0.4) is 0 Å². The SMILES string of the molecule is CCCCCCCCCC=CCCCCCC(=O)OCC(COP(=O)(O)OC1C(O)C(O)C(O)C(O)C1OC1OC(CO)C(O)C(O)C1O)OC(=O)CCCCCCCCCCCCC. The van der Waals surface area contributed by atoms with Crippen LogP contribution in [0.5, 0.6) is 0 Å². The zero-order chi connectivity index (χ0) is 48.0. The number of aliphatic hydroxyl groups is 8. The number of hydrogen-bond acceptors (Lipinski definition) is 17. The van der Waals surface area contributed by atoms with Crippen LogP contribution < -0.4 is 0 Å². The standard InChI is InChI=1S/C46H85O18P/c1-3-5-7-9-11-13-15-16-17-19-20-22-24-26-28-35(48)59-31-33(61-36(49)29-27-25-23-21-18-14-12-10-8-6-4-2)32-60-65(57,58)64-45-42(55)40(53)39(52)41(54)44(45)63-46-43(56)38(51)37(50)34(30-47)62-46/h17,19,33-34,37-47,50-56H,3-16,18,20-32H2,1-2H3,(H,57,58). The minimum absolute atomic E-state index is 0.0333. The summed E-state index contributed by atoms with van der Waals surface area (Å²) in [5.41, 5.74) is 0. The number of phosphoric ester groups is 1. The van der Waals surface area contributed by atoms with Crippen LogP contribution in [0, 0.1) is 0 Å². The Morgan fingerprint density at radius 3 is 1.54 bits per heavy atom. The molecule has 1 saturated carbocycles. The van der Waals surface area contributed by atoms with Crippen molar-refractivity contribution < 1.29 is 87.9 Å². The molecule has 0 amide bonds. The molecule has 0 spiro atoms. The topological polar surface area (TPSA) is 289 Å². The number of esters is 2. The lowest BCUT2D eigenvalue weighted by Gasteiger charge is -2.47. The molecule has 9 N–H and O–H groups in total. The third-order valence-electron chi connectivity index (χ3n) is 12.0. The first-order chi connectivity index (χ1) is 31.2. The summed E-state index contributed by atoms with van der Waals surface area (Å²) in [5, 5.41) is 82.8. The van der Waals surface area contributed by atoms with Crippen molar-refractivity contribution in [3.63, 3.8) is 0 Å². The summed E-state index contributed by atoms with van der Waals surface area (Å²) >= 11 is 0. The van der Waals surface area contributed by atoms with Gasteiger partial charge in [-0.1, -0.05) is 135 Å². The molecule has 13 unspecified atom stereocenters. The highest BCUT2D eigenvalue weighted by Crippen LogP contribution is 2.48. The van der Waals surface area contributed by atoms with Gasteiger partial charge in [-0.3, -0.25) is 18.6 Å². The Balaban J connectivity index is 1.97. The number of carbonyl (C=O) groups is 2. The first-order valence-electron chi connectivity index (χ1n) is 24.5. The molecule has 1 aliphatic heterocycles. The molecule has 1 aliphatic carbocycles. The van der Waals surface area contributed by atoms with Crippen LogP contribution in [0.15, 0.2) is 12.2 Å². The van der Waals surface area contributed by atoms with Crippen LogP contribution in [-0.2, 0) is 42.1 Å². The van der Waals surface area contributed by atoms with E-state index in [2.05, 4.69) is 26.0 Å². The highest BCUT2D eigenvalue weighted by Gasteiger charge is 2.55. The van der Waals surface area contributed by atoms with Crippen molar-refractivity contribution in [1.29, 1.82) is 0 Å². The van der Waals surface area contributed by atoms with E-state index in [0.717, 1.165) is 51.4 Å². The Kier molecular flexibility index (Phi) is 31.7. The second kappa shape index (κ2) is 34.6. The van der Waals surface area contributed by atoms with Crippen molar-refractivity contribution >= 4 is 19.8 Å². The molecular weight excluding hydrogens is 871 g/mol. The smallest absolute Gasteiger partial charge is 0.462 e. The van der Waals surface area contributed by atoms with Gasteiger partial charge in [-0.15, -0.1) is 0 Å². The second-order valence-electron chi connectivity index (χ2n) is 17.7. The lowest BCUT2D eigenvalue weighted by molar-refractivity contribution is -0.338. The summed E-state index contributed by atoms with van der Waals surface area (Å²) in [7, 11) is -5.37. The number of allylic oxidation sites excluding steroid dienone is 2. The molecule has 13 atom stereocenters.